The van der Waals surface area contributed by atoms with Crippen LogP contribution in [0.1, 0.15) is 35.1 Å². The zero-order valence-corrected chi connectivity index (χ0v) is 14.9. The van der Waals surface area contributed by atoms with E-state index in [1.54, 1.807) is 16.7 Å². The molecule has 24 heavy (non-hydrogen) atoms. The van der Waals surface area contributed by atoms with Gasteiger partial charge >= 0.3 is 0 Å². The third kappa shape index (κ3) is 4.49. The molecular formula is C15H24N4O4S. The highest BCUT2D eigenvalue weighted by Crippen LogP contribution is 2.16. The number of aliphatic hydroxyl groups excluding tert-OH is 1. The lowest BCUT2D eigenvalue weighted by molar-refractivity contribution is -0.148. The monoisotopic (exact) mass is 356 g/mol. The fraction of sp³-hybridized carbons (Fsp3) is 0.733. The fourth-order valence-electron chi connectivity index (χ4n) is 2.60. The van der Waals surface area contributed by atoms with E-state index in [0.717, 1.165) is 18.0 Å². The third-order valence-electron chi connectivity index (χ3n) is 4.00. The maximum Gasteiger partial charge on any atom is 0.267 e. The number of rotatable bonds is 7. The topological polar surface area (TPSA) is 95.9 Å². The van der Waals surface area contributed by atoms with Gasteiger partial charge in [-0.1, -0.05) is 4.49 Å². The molecule has 1 N–H and O–H groups in total. The van der Waals surface area contributed by atoms with Gasteiger partial charge in [0.15, 0.2) is 6.10 Å². The summed E-state index contributed by atoms with van der Waals surface area (Å²) in [4.78, 5) is 29.0. The lowest BCUT2D eigenvalue weighted by Gasteiger charge is -2.34. The van der Waals surface area contributed by atoms with E-state index in [0.29, 0.717) is 43.2 Å². The van der Waals surface area contributed by atoms with E-state index in [1.165, 1.54) is 0 Å². The van der Waals surface area contributed by atoms with Crippen LogP contribution in [0.4, 0.5) is 0 Å². The van der Waals surface area contributed by atoms with Crippen LogP contribution in [0.25, 0.3) is 0 Å². The van der Waals surface area contributed by atoms with Crippen molar-refractivity contribution in [3.05, 3.63) is 10.6 Å². The third-order valence-corrected chi connectivity index (χ3v) is 4.82. The molecule has 2 heterocycles. The first-order valence-corrected chi connectivity index (χ1v) is 8.95. The van der Waals surface area contributed by atoms with E-state index in [2.05, 4.69) is 9.59 Å². The molecule has 2 amide bonds. The number of nitrogens with zero attached hydrogens (tertiary/aromatic N) is 4. The standard InChI is InChI=1S/C15H24N4O4S/c1-3-18(6-4-5-8-20)14(21)12-10-19(7-9-23-12)15(22)13-11(2)16-17-24-13/h12,20H,3-10H2,1-2H3/t12-/m1/s1. The Bertz CT molecular complexity index is 565. The van der Waals surface area contributed by atoms with Gasteiger partial charge in [0.25, 0.3) is 11.8 Å². The van der Waals surface area contributed by atoms with Crippen LogP contribution >= 0.6 is 11.5 Å². The Morgan fingerprint density at radius 3 is 2.88 bits per heavy atom. The Morgan fingerprint density at radius 1 is 1.46 bits per heavy atom. The molecule has 1 saturated heterocycles. The average Bonchev–Trinajstić information content (AvgIpc) is 3.03. The number of likely N-dealkylation sites (N-methyl/N-ethyl adjacent to an activating group) is 1. The van der Waals surface area contributed by atoms with Crippen molar-refractivity contribution in [2.24, 2.45) is 0 Å². The highest BCUT2D eigenvalue weighted by atomic mass is 32.1. The summed E-state index contributed by atoms with van der Waals surface area (Å²) in [5.41, 5.74) is 0.610. The number of unbranched alkanes of at least 4 members (excludes halogenated alkanes) is 1. The second kappa shape index (κ2) is 9.05. The Morgan fingerprint density at radius 2 is 2.25 bits per heavy atom. The second-order valence-corrected chi connectivity index (χ2v) is 6.40. The van der Waals surface area contributed by atoms with Gasteiger partial charge in [-0.3, -0.25) is 9.59 Å². The minimum absolute atomic E-state index is 0.105. The first kappa shape index (κ1) is 18.8. The van der Waals surface area contributed by atoms with E-state index in [-0.39, 0.29) is 25.0 Å². The Labute approximate surface area is 145 Å². The summed E-state index contributed by atoms with van der Waals surface area (Å²) in [6.07, 6.45) is 0.771. The van der Waals surface area contributed by atoms with Crippen LogP contribution in [0.3, 0.4) is 0 Å². The fourth-order valence-corrected chi connectivity index (χ4v) is 3.22. The van der Waals surface area contributed by atoms with Gasteiger partial charge in [-0.15, -0.1) is 5.10 Å². The van der Waals surface area contributed by atoms with Crippen molar-refractivity contribution in [1.29, 1.82) is 0 Å². The highest BCUT2D eigenvalue weighted by Gasteiger charge is 2.33. The van der Waals surface area contributed by atoms with Crippen LogP contribution in [-0.4, -0.2) is 81.8 Å². The first-order valence-electron chi connectivity index (χ1n) is 8.18. The molecule has 0 spiro atoms. The van der Waals surface area contributed by atoms with Crippen LogP contribution < -0.4 is 0 Å². The van der Waals surface area contributed by atoms with Gasteiger partial charge in [-0.2, -0.15) is 0 Å². The van der Waals surface area contributed by atoms with Gasteiger partial charge in [0.2, 0.25) is 0 Å². The molecule has 1 fully saturated rings. The predicted octanol–water partition coefficient (Wildman–Crippen LogP) is 0.309. The molecule has 134 valence electrons. The van der Waals surface area contributed by atoms with Crippen molar-refractivity contribution in [2.75, 3.05) is 39.4 Å². The highest BCUT2D eigenvalue weighted by molar-refractivity contribution is 7.07. The number of aryl methyl sites for hydroxylation is 1. The summed E-state index contributed by atoms with van der Waals surface area (Å²) in [6.45, 7) is 5.98. The molecule has 0 aromatic carbocycles. The largest absolute Gasteiger partial charge is 0.396 e. The molecule has 1 aliphatic heterocycles. The van der Waals surface area contributed by atoms with Crippen molar-refractivity contribution in [3.8, 4) is 0 Å². The van der Waals surface area contributed by atoms with Crippen molar-refractivity contribution in [1.82, 2.24) is 19.4 Å². The number of carbonyl (C=O) groups excluding carboxylic acids is 2. The summed E-state index contributed by atoms with van der Waals surface area (Å²) in [6, 6.07) is 0. The van der Waals surface area contributed by atoms with E-state index >= 15 is 0 Å². The molecule has 0 radical (unpaired) electrons. The SMILES string of the molecule is CCN(CCCCO)C(=O)[C@H]1CN(C(=O)c2snnc2C)CCO1. The van der Waals surface area contributed by atoms with Crippen molar-refractivity contribution in [3.63, 3.8) is 0 Å². The van der Waals surface area contributed by atoms with E-state index in [4.69, 9.17) is 9.84 Å². The Hall–Kier alpha value is -1.58. The molecule has 1 aromatic rings. The number of carbonyl (C=O) groups is 2. The van der Waals surface area contributed by atoms with Crippen molar-refractivity contribution < 1.29 is 19.4 Å². The van der Waals surface area contributed by atoms with Crippen LogP contribution in [0.5, 0.6) is 0 Å². The minimum atomic E-state index is -0.641. The lowest BCUT2D eigenvalue weighted by atomic mass is 10.2. The molecule has 0 aliphatic carbocycles. The number of hydrogen-bond donors (Lipinski definition) is 1. The van der Waals surface area contributed by atoms with Gasteiger partial charge in [0.05, 0.1) is 18.8 Å². The molecule has 1 aromatic heterocycles. The Balaban J connectivity index is 1.97. The quantitative estimate of drug-likeness (QED) is 0.707. The van der Waals surface area contributed by atoms with E-state index in [9.17, 15) is 9.59 Å². The molecule has 0 saturated carbocycles. The summed E-state index contributed by atoms with van der Waals surface area (Å²) in [5, 5.41) is 12.7. The number of morpholine rings is 1. The maximum atomic E-state index is 12.6. The van der Waals surface area contributed by atoms with Gasteiger partial charge in [-0.05, 0) is 38.2 Å². The zero-order valence-electron chi connectivity index (χ0n) is 14.1. The van der Waals surface area contributed by atoms with Gasteiger partial charge in [0.1, 0.15) is 4.88 Å². The molecule has 2 rings (SSSR count). The first-order chi connectivity index (χ1) is 11.6. The predicted molar refractivity (Wildman–Crippen MR) is 88.9 cm³/mol. The smallest absolute Gasteiger partial charge is 0.267 e. The second-order valence-electron chi connectivity index (χ2n) is 5.65. The maximum absolute atomic E-state index is 12.6. The number of amides is 2. The van der Waals surface area contributed by atoms with Gasteiger partial charge in [0, 0.05) is 26.2 Å². The van der Waals surface area contributed by atoms with E-state index < -0.39 is 6.10 Å². The normalized spacial score (nSPS) is 17.8. The van der Waals surface area contributed by atoms with Crippen molar-refractivity contribution >= 4 is 23.3 Å². The summed E-state index contributed by atoms with van der Waals surface area (Å²) >= 11 is 1.07. The Kier molecular flexibility index (Phi) is 7.07. The summed E-state index contributed by atoms with van der Waals surface area (Å²) < 4.78 is 9.39. The zero-order chi connectivity index (χ0) is 17.5. The number of ether oxygens (including phenoxy) is 1. The average molecular weight is 356 g/mol. The molecular weight excluding hydrogens is 332 g/mol. The van der Waals surface area contributed by atoms with Crippen LogP contribution in [0, 0.1) is 6.92 Å². The number of hydrogen-bond acceptors (Lipinski definition) is 7. The summed E-state index contributed by atoms with van der Waals surface area (Å²) in [7, 11) is 0. The van der Waals surface area contributed by atoms with Gasteiger partial charge < -0.3 is 19.6 Å². The molecule has 1 atom stereocenters. The molecule has 1 aliphatic rings. The molecule has 0 unspecified atom stereocenters. The molecule has 9 heteroatoms. The molecule has 8 nitrogen and oxygen atoms in total. The minimum Gasteiger partial charge on any atom is -0.396 e. The van der Waals surface area contributed by atoms with Crippen LogP contribution in [0.2, 0.25) is 0 Å². The number of aliphatic hydroxyl groups is 1. The molecule has 0 bridgehead atoms. The lowest BCUT2D eigenvalue weighted by Crippen LogP contribution is -2.52. The van der Waals surface area contributed by atoms with Crippen LogP contribution in [-0.2, 0) is 9.53 Å². The summed E-state index contributed by atoms with van der Waals surface area (Å²) in [5.74, 6) is -0.251. The van der Waals surface area contributed by atoms with Crippen LogP contribution in [0.15, 0.2) is 0 Å². The van der Waals surface area contributed by atoms with Gasteiger partial charge in [-0.25, -0.2) is 0 Å². The van der Waals surface area contributed by atoms with E-state index in [1.807, 2.05) is 6.92 Å². The van der Waals surface area contributed by atoms with Crippen molar-refractivity contribution in [2.45, 2.75) is 32.8 Å². The number of aromatic nitrogens is 2.